The first kappa shape index (κ1) is 28.1. The monoisotopic (exact) mass is 563 g/mol. The molecule has 0 radical (unpaired) electrons. The number of aromatic nitrogens is 3. The number of anilines is 1. The van der Waals surface area contributed by atoms with E-state index in [0.29, 0.717) is 17.8 Å². The maximum absolute atomic E-state index is 13.2. The first-order valence-corrected chi connectivity index (χ1v) is 13.9. The lowest BCUT2D eigenvalue weighted by Gasteiger charge is -2.32. The van der Waals surface area contributed by atoms with Gasteiger partial charge >= 0.3 is 0 Å². The van der Waals surface area contributed by atoms with Crippen molar-refractivity contribution in [1.82, 2.24) is 30.7 Å². The van der Waals surface area contributed by atoms with Gasteiger partial charge in [0.15, 0.2) is 0 Å². The maximum Gasteiger partial charge on any atom is 0.287 e. The smallest absolute Gasteiger partial charge is 0.287 e. The average molecular weight is 564 g/mol. The Morgan fingerprint density at radius 1 is 1.05 bits per heavy atom. The van der Waals surface area contributed by atoms with Crippen LogP contribution in [0.5, 0.6) is 0 Å². The molecule has 0 aliphatic heterocycles. The third kappa shape index (κ3) is 6.18. The van der Waals surface area contributed by atoms with E-state index in [1.54, 1.807) is 0 Å². The molecule has 4 saturated carbocycles. The third-order valence-electron chi connectivity index (χ3n) is 8.59. The predicted molar refractivity (Wildman–Crippen MR) is 145 cm³/mol. The number of carbonyl (C=O) groups is 5. The van der Waals surface area contributed by atoms with Crippen LogP contribution >= 0.6 is 0 Å². The minimum absolute atomic E-state index is 0.0914. The van der Waals surface area contributed by atoms with Crippen LogP contribution in [0.4, 0.5) is 5.69 Å². The van der Waals surface area contributed by atoms with Gasteiger partial charge in [0.2, 0.25) is 17.6 Å². The van der Waals surface area contributed by atoms with E-state index in [1.165, 1.54) is 54.8 Å². The van der Waals surface area contributed by atoms with Crippen LogP contribution in [-0.4, -0.2) is 63.3 Å². The quantitative estimate of drug-likeness (QED) is 0.276. The summed E-state index contributed by atoms with van der Waals surface area (Å²) in [6, 6.07) is 3.23. The van der Waals surface area contributed by atoms with E-state index in [4.69, 9.17) is 0 Å². The highest BCUT2D eigenvalue weighted by Crippen LogP contribution is 2.58. The van der Waals surface area contributed by atoms with E-state index in [-0.39, 0.29) is 42.6 Å². The van der Waals surface area contributed by atoms with E-state index < -0.39 is 35.1 Å². The fraction of sp³-hybridized carbons (Fsp3) is 0.500. The summed E-state index contributed by atoms with van der Waals surface area (Å²) < 4.78 is 1.22. The van der Waals surface area contributed by atoms with E-state index in [1.807, 2.05) is 0 Å². The van der Waals surface area contributed by atoms with Crippen LogP contribution < -0.4 is 26.8 Å². The zero-order chi connectivity index (χ0) is 29.1. The van der Waals surface area contributed by atoms with Gasteiger partial charge in [-0.2, -0.15) is 10.2 Å². The number of ketones is 1. The molecule has 13 nitrogen and oxygen atoms in total. The van der Waals surface area contributed by atoms with E-state index in [0.717, 1.165) is 25.2 Å². The number of nitrogens with one attached hydrogen (secondary N) is 4. The second-order valence-electron chi connectivity index (χ2n) is 11.1. The number of hydrogen-bond acceptors (Lipinski definition) is 8. The fourth-order valence-electron chi connectivity index (χ4n) is 6.79. The van der Waals surface area contributed by atoms with Gasteiger partial charge < -0.3 is 25.8 Å². The second kappa shape index (κ2) is 12.0. The molecule has 0 spiro atoms. The van der Waals surface area contributed by atoms with Gasteiger partial charge in [-0.15, -0.1) is 0 Å². The number of likely N-dealkylation sites (N-methyl/N-ethyl adjacent to an activating group) is 1. The Morgan fingerprint density at radius 2 is 1.85 bits per heavy atom. The first-order chi connectivity index (χ1) is 19.7. The Hall–Kier alpha value is -4.42. The summed E-state index contributed by atoms with van der Waals surface area (Å²) >= 11 is 0. The molecule has 6 rings (SSSR count). The van der Waals surface area contributed by atoms with Crippen molar-refractivity contribution in [1.29, 1.82) is 0 Å². The first-order valence-electron chi connectivity index (χ1n) is 13.9. The molecule has 4 bridgehead atoms. The summed E-state index contributed by atoms with van der Waals surface area (Å²) in [5.41, 5.74) is -0.548. The zero-order valence-electron chi connectivity index (χ0n) is 22.7. The third-order valence-corrected chi connectivity index (χ3v) is 8.59. The molecular weight excluding hydrogens is 530 g/mol. The van der Waals surface area contributed by atoms with Crippen LogP contribution in [0, 0.1) is 23.7 Å². The molecule has 13 heteroatoms. The van der Waals surface area contributed by atoms with Gasteiger partial charge in [0, 0.05) is 25.7 Å². The summed E-state index contributed by atoms with van der Waals surface area (Å²) in [7, 11) is 1.31. The molecule has 0 saturated heterocycles. The normalized spacial score (nSPS) is 24.4. The lowest BCUT2D eigenvalue weighted by Crippen LogP contribution is -2.46. The minimum Gasteiger partial charge on any atom is -0.353 e. The molecule has 216 valence electrons. The largest absolute Gasteiger partial charge is 0.353 e. The summed E-state index contributed by atoms with van der Waals surface area (Å²) in [5, 5.41) is 17.7. The number of Topliss-reactive ketones (excluding diaryl/α,β-unsaturated/α-hetero) is 1. The molecule has 4 aliphatic rings. The average Bonchev–Trinajstić information content (AvgIpc) is 3.39. The molecule has 41 heavy (non-hydrogen) atoms. The van der Waals surface area contributed by atoms with Crippen LogP contribution in [0.15, 0.2) is 41.6 Å². The lowest BCUT2D eigenvalue weighted by atomic mass is 9.79. The molecule has 6 atom stereocenters. The van der Waals surface area contributed by atoms with Crippen molar-refractivity contribution in [3.05, 3.63) is 52.7 Å². The molecule has 0 aromatic carbocycles. The van der Waals surface area contributed by atoms with Gasteiger partial charge in [0.1, 0.15) is 18.3 Å². The molecular formula is C28H33N7O6. The number of rotatable bonds is 11. The zero-order valence-corrected chi connectivity index (χ0v) is 22.7. The van der Waals surface area contributed by atoms with Crippen LogP contribution in [0.2, 0.25) is 0 Å². The molecule has 2 aromatic rings. The standard InChI is InChI=1S/C28H33N7O6/c1-29-27(40)22(36)5-4-20(32-25(38)16-6-7-30-31-13-16)26(39)33-21-3-2-8-35(28(21)41)14-23(37)34-24-18-10-15-9-17(12-18)19(24)11-15/h2-3,6-8,13,15,17-20,24H,4-5,9-12,14H2,1H3,(H,29,40)(H,32,38)(H,33,39)(H,34,37)/t15?,17?,18?,19?,20-,24?/m0/s1. The highest BCUT2D eigenvalue weighted by molar-refractivity contribution is 6.36. The SMILES string of the molecule is CNC(=O)C(=O)CC[C@H](NC(=O)c1ccnnc1)C(=O)Nc1cccn(CC(=O)NC2C3CC4CC(C3)C2C4)c1=O. The second-order valence-corrected chi connectivity index (χ2v) is 11.1. The van der Waals surface area contributed by atoms with Gasteiger partial charge in [0.25, 0.3) is 17.4 Å². The summed E-state index contributed by atoms with van der Waals surface area (Å²) in [6.45, 7) is -0.192. The van der Waals surface area contributed by atoms with Gasteiger partial charge in [-0.1, -0.05) is 0 Å². The molecule has 2 heterocycles. The van der Waals surface area contributed by atoms with Crippen molar-refractivity contribution in [2.45, 2.75) is 57.2 Å². The van der Waals surface area contributed by atoms with Gasteiger partial charge in [-0.3, -0.25) is 28.8 Å². The number of amides is 4. The molecule has 4 N–H and O–H groups in total. The number of nitrogens with zero attached hydrogens (tertiary/aromatic N) is 3. The van der Waals surface area contributed by atoms with Crippen LogP contribution in [0.25, 0.3) is 0 Å². The fourth-order valence-corrected chi connectivity index (χ4v) is 6.79. The highest BCUT2D eigenvalue weighted by Gasteiger charge is 2.54. The Morgan fingerprint density at radius 3 is 2.59 bits per heavy atom. The Kier molecular flexibility index (Phi) is 8.22. The summed E-state index contributed by atoms with van der Waals surface area (Å²) in [6.07, 6.45) is 8.22. The van der Waals surface area contributed by atoms with Gasteiger partial charge in [-0.05, 0) is 74.0 Å². The van der Waals surface area contributed by atoms with Crippen molar-refractivity contribution in [2.75, 3.05) is 12.4 Å². The van der Waals surface area contributed by atoms with Crippen molar-refractivity contribution in [3.63, 3.8) is 0 Å². The van der Waals surface area contributed by atoms with Gasteiger partial charge in [-0.25, -0.2) is 0 Å². The lowest BCUT2D eigenvalue weighted by molar-refractivity contribution is -0.137. The maximum atomic E-state index is 13.2. The number of hydrogen-bond donors (Lipinski definition) is 4. The van der Waals surface area contributed by atoms with Crippen LogP contribution in [-0.2, 0) is 25.7 Å². The van der Waals surface area contributed by atoms with E-state index in [2.05, 4.69) is 31.5 Å². The van der Waals surface area contributed by atoms with Crippen molar-refractivity contribution < 1.29 is 24.0 Å². The molecule has 2 aromatic heterocycles. The molecule has 4 aliphatic carbocycles. The Labute approximate surface area is 235 Å². The van der Waals surface area contributed by atoms with Crippen LogP contribution in [0.1, 0.15) is 48.9 Å². The summed E-state index contributed by atoms with van der Waals surface area (Å²) in [5.74, 6) is -0.731. The molecule has 4 amide bonds. The van der Waals surface area contributed by atoms with Crippen molar-refractivity contribution >= 4 is 35.1 Å². The number of pyridine rings is 1. The predicted octanol–water partition coefficient (Wildman–Crippen LogP) is 0.0215. The number of carbonyl (C=O) groups excluding carboxylic acids is 5. The van der Waals surface area contributed by atoms with E-state index >= 15 is 0 Å². The molecule has 4 fully saturated rings. The Bertz CT molecular complexity index is 1410. The van der Waals surface area contributed by atoms with Crippen molar-refractivity contribution in [3.8, 4) is 0 Å². The minimum atomic E-state index is -1.26. The Balaban J connectivity index is 1.25. The highest BCUT2D eigenvalue weighted by atomic mass is 16.2. The summed E-state index contributed by atoms with van der Waals surface area (Å²) in [4.78, 5) is 75.7. The van der Waals surface area contributed by atoms with Crippen LogP contribution in [0.3, 0.4) is 0 Å². The van der Waals surface area contributed by atoms with E-state index in [9.17, 15) is 28.8 Å². The van der Waals surface area contributed by atoms with Gasteiger partial charge in [0.05, 0.1) is 18.0 Å². The molecule has 5 unspecified atom stereocenters. The van der Waals surface area contributed by atoms with Crippen molar-refractivity contribution in [2.24, 2.45) is 23.7 Å². The topological polar surface area (TPSA) is 181 Å².